The SMILES string of the molecule is CN(C)c1ncnc2c1ncn2CCOCCOC(=O)N[C@H](CCCN=C(N)N)C(=O)O. The molecule has 14 heteroatoms. The second-order valence-electron chi connectivity index (χ2n) is 6.93. The van der Waals surface area contributed by atoms with Crippen LogP contribution in [0.5, 0.6) is 0 Å². The number of guanidine groups is 1. The van der Waals surface area contributed by atoms with Crippen LogP contribution in [0.2, 0.25) is 0 Å². The summed E-state index contributed by atoms with van der Waals surface area (Å²) in [6, 6.07) is -1.10. The maximum Gasteiger partial charge on any atom is 0.407 e. The summed E-state index contributed by atoms with van der Waals surface area (Å²) in [4.78, 5) is 41.5. The summed E-state index contributed by atoms with van der Waals surface area (Å²) in [5.74, 6) is -0.515. The number of amides is 1. The van der Waals surface area contributed by atoms with Gasteiger partial charge in [-0.05, 0) is 12.8 Å². The van der Waals surface area contributed by atoms with Gasteiger partial charge in [-0.2, -0.15) is 0 Å². The monoisotopic (exact) mass is 451 g/mol. The molecule has 0 aromatic carbocycles. The molecule has 1 amide bonds. The maximum absolute atomic E-state index is 11.8. The Kier molecular flexibility index (Phi) is 9.41. The van der Waals surface area contributed by atoms with Crippen LogP contribution in [0.25, 0.3) is 11.2 Å². The molecule has 0 aliphatic rings. The molecular weight excluding hydrogens is 422 g/mol. The van der Waals surface area contributed by atoms with Gasteiger partial charge in [0.25, 0.3) is 0 Å². The van der Waals surface area contributed by atoms with E-state index in [1.165, 1.54) is 6.33 Å². The van der Waals surface area contributed by atoms with Crippen molar-refractivity contribution in [2.75, 3.05) is 45.4 Å². The molecule has 0 saturated carbocycles. The molecule has 32 heavy (non-hydrogen) atoms. The van der Waals surface area contributed by atoms with E-state index < -0.39 is 18.1 Å². The van der Waals surface area contributed by atoms with Crippen molar-refractivity contribution in [2.45, 2.75) is 25.4 Å². The number of carboxylic acids is 1. The van der Waals surface area contributed by atoms with Crippen molar-refractivity contribution in [2.24, 2.45) is 16.5 Å². The molecule has 2 aromatic heterocycles. The Morgan fingerprint density at radius 2 is 2.03 bits per heavy atom. The van der Waals surface area contributed by atoms with E-state index >= 15 is 0 Å². The van der Waals surface area contributed by atoms with E-state index in [9.17, 15) is 14.7 Å². The molecule has 2 aromatic rings. The van der Waals surface area contributed by atoms with Gasteiger partial charge in [0.05, 0.1) is 19.5 Å². The van der Waals surface area contributed by atoms with Gasteiger partial charge in [0.2, 0.25) is 0 Å². The standard InChI is InChI=1S/C18H29N9O5/c1-26(2)14-13-15(23-10-22-14)27(11-24-13)6-7-31-8-9-32-18(30)25-12(16(28)29)4-3-5-21-17(19)20/h10-12H,3-9H2,1-2H3,(H,25,30)(H,28,29)(H4,19,20,21)/t12-/m1/s1. The topological polar surface area (TPSA) is 196 Å². The van der Waals surface area contributed by atoms with Crippen molar-refractivity contribution < 1.29 is 24.2 Å². The first kappa shape index (κ1) is 24.6. The molecule has 0 radical (unpaired) electrons. The zero-order valence-corrected chi connectivity index (χ0v) is 18.1. The highest BCUT2D eigenvalue weighted by atomic mass is 16.6. The largest absolute Gasteiger partial charge is 0.480 e. The molecule has 2 heterocycles. The smallest absolute Gasteiger partial charge is 0.407 e. The Morgan fingerprint density at radius 3 is 2.72 bits per heavy atom. The summed E-state index contributed by atoms with van der Waals surface area (Å²) in [5.41, 5.74) is 11.8. The molecule has 0 aliphatic heterocycles. The van der Waals surface area contributed by atoms with Crippen LogP contribution in [0.15, 0.2) is 17.6 Å². The number of carbonyl (C=O) groups is 2. The lowest BCUT2D eigenvalue weighted by atomic mass is 10.1. The molecule has 0 unspecified atom stereocenters. The fourth-order valence-electron chi connectivity index (χ4n) is 2.76. The number of carboxylic acid groups (broad SMARTS) is 1. The molecule has 0 fully saturated rings. The van der Waals surface area contributed by atoms with Crippen molar-refractivity contribution >= 4 is 35.0 Å². The number of fused-ring (bicyclic) bond motifs is 1. The van der Waals surface area contributed by atoms with Crippen LogP contribution in [0.3, 0.4) is 0 Å². The van der Waals surface area contributed by atoms with Gasteiger partial charge in [-0.3, -0.25) is 4.99 Å². The number of hydrogen-bond acceptors (Lipinski definition) is 9. The van der Waals surface area contributed by atoms with E-state index in [1.807, 2.05) is 23.6 Å². The lowest BCUT2D eigenvalue weighted by Crippen LogP contribution is -2.41. The van der Waals surface area contributed by atoms with Crippen LogP contribution in [-0.4, -0.2) is 89.2 Å². The predicted molar refractivity (Wildman–Crippen MR) is 116 cm³/mol. The molecule has 176 valence electrons. The number of nitrogens with two attached hydrogens (primary N) is 2. The molecule has 0 aliphatic carbocycles. The van der Waals surface area contributed by atoms with Gasteiger partial charge in [-0.1, -0.05) is 0 Å². The minimum Gasteiger partial charge on any atom is -0.480 e. The number of carbonyl (C=O) groups excluding carboxylic acids is 1. The quantitative estimate of drug-likeness (QED) is 0.168. The minimum atomic E-state index is -1.17. The van der Waals surface area contributed by atoms with Crippen LogP contribution in [0.4, 0.5) is 10.6 Å². The highest BCUT2D eigenvalue weighted by Gasteiger charge is 2.20. The second-order valence-corrected chi connectivity index (χ2v) is 6.93. The number of nitrogens with one attached hydrogen (secondary N) is 1. The molecule has 14 nitrogen and oxygen atoms in total. The molecule has 0 bridgehead atoms. The van der Waals surface area contributed by atoms with Crippen LogP contribution in [0, 0.1) is 0 Å². The number of ether oxygens (including phenoxy) is 2. The Labute approximate surface area is 184 Å². The first-order valence-electron chi connectivity index (χ1n) is 9.92. The van der Waals surface area contributed by atoms with E-state index in [4.69, 9.17) is 20.9 Å². The normalized spacial score (nSPS) is 11.7. The highest BCUT2D eigenvalue weighted by Crippen LogP contribution is 2.19. The van der Waals surface area contributed by atoms with E-state index in [2.05, 4.69) is 25.3 Å². The molecule has 0 spiro atoms. The van der Waals surface area contributed by atoms with Crippen LogP contribution in [0.1, 0.15) is 12.8 Å². The number of rotatable bonds is 13. The minimum absolute atomic E-state index is 0.0240. The molecule has 1 atom stereocenters. The van der Waals surface area contributed by atoms with Gasteiger partial charge < -0.3 is 40.8 Å². The molecule has 2 rings (SSSR count). The van der Waals surface area contributed by atoms with E-state index in [1.54, 1.807) is 6.33 Å². The van der Waals surface area contributed by atoms with Crippen molar-refractivity contribution in [3.05, 3.63) is 12.7 Å². The Balaban J connectivity index is 1.67. The lowest BCUT2D eigenvalue weighted by Gasteiger charge is -2.14. The fraction of sp³-hybridized carbons (Fsp3) is 0.556. The number of aliphatic imine (C=N–C) groups is 1. The fourth-order valence-corrected chi connectivity index (χ4v) is 2.76. The van der Waals surface area contributed by atoms with Gasteiger partial charge >= 0.3 is 12.1 Å². The summed E-state index contributed by atoms with van der Waals surface area (Å²) < 4.78 is 12.3. The molecule has 0 saturated heterocycles. The van der Waals surface area contributed by atoms with E-state index in [0.717, 1.165) is 5.82 Å². The summed E-state index contributed by atoms with van der Waals surface area (Å²) >= 11 is 0. The van der Waals surface area contributed by atoms with Crippen molar-refractivity contribution in [1.82, 2.24) is 24.8 Å². The van der Waals surface area contributed by atoms with Gasteiger partial charge in [0, 0.05) is 27.2 Å². The summed E-state index contributed by atoms with van der Waals surface area (Å²) in [6.07, 6.45) is 2.86. The number of alkyl carbamates (subject to hydrolysis) is 1. The zero-order chi connectivity index (χ0) is 23.5. The number of nitrogens with zero attached hydrogens (tertiary/aromatic N) is 6. The van der Waals surface area contributed by atoms with E-state index in [-0.39, 0.29) is 32.1 Å². The Bertz CT molecular complexity index is 927. The highest BCUT2D eigenvalue weighted by molar-refractivity contribution is 5.83. The second kappa shape index (κ2) is 12.2. The first-order chi connectivity index (χ1) is 15.3. The van der Waals surface area contributed by atoms with Crippen LogP contribution < -0.4 is 21.7 Å². The van der Waals surface area contributed by atoms with Crippen LogP contribution in [-0.2, 0) is 20.8 Å². The number of aliphatic carboxylic acids is 1. The molecular formula is C18H29N9O5. The van der Waals surface area contributed by atoms with Crippen molar-refractivity contribution in [3.8, 4) is 0 Å². The number of anilines is 1. The van der Waals surface area contributed by atoms with E-state index in [0.29, 0.717) is 30.7 Å². The third kappa shape index (κ3) is 7.54. The maximum atomic E-state index is 11.8. The lowest BCUT2D eigenvalue weighted by molar-refractivity contribution is -0.139. The third-order valence-corrected chi connectivity index (χ3v) is 4.28. The van der Waals surface area contributed by atoms with Gasteiger partial charge in [-0.25, -0.2) is 24.5 Å². The van der Waals surface area contributed by atoms with Gasteiger partial charge in [-0.15, -0.1) is 0 Å². The predicted octanol–water partition coefficient (Wildman–Crippen LogP) is -0.858. The first-order valence-corrected chi connectivity index (χ1v) is 9.92. The van der Waals surface area contributed by atoms with Gasteiger partial charge in [0.1, 0.15) is 19.0 Å². The third-order valence-electron chi connectivity index (χ3n) is 4.28. The summed E-state index contributed by atoms with van der Waals surface area (Å²) in [6.45, 7) is 1.25. The average molecular weight is 451 g/mol. The van der Waals surface area contributed by atoms with Crippen molar-refractivity contribution in [3.63, 3.8) is 0 Å². The number of hydrogen-bond donors (Lipinski definition) is 4. The number of imidazole rings is 1. The average Bonchev–Trinajstić information content (AvgIpc) is 3.15. The summed E-state index contributed by atoms with van der Waals surface area (Å²) in [5, 5.41) is 11.5. The summed E-state index contributed by atoms with van der Waals surface area (Å²) in [7, 11) is 3.76. The Morgan fingerprint density at radius 1 is 1.25 bits per heavy atom. The van der Waals surface area contributed by atoms with Gasteiger partial charge in [0.15, 0.2) is 22.9 Å². The van der Waals surface area contributed by atoms with Crippen LogP contribution >= 0.6 is 0 Å². The van der Waals surface area contributed by atoms with Crippen molar-refractivity contribution in [1.29, 1.82) is 0 Å². The molecule has 6 N–H and O–H groups in total. The Hall–Kier alpha value is -3.68. The number of aromatic nitrogens is 4. The zero-order valence-electron chi connectivity index (χ0n) is 18.1.